The molecule has 0 aliphatic carbocycles. The summed E-state index contributed by atoms with van der Waals surface area (Å²) >= 11 is 1.10. The summed E-state index contributed by atoms with van der Waals surface area (Å²) in [5.41, 5.74) is 2.56. The zero-order valence-corrected chi connectivity index (χ0v) is 15.4. The van der Waals surface area contributed by atoms with Gasteiger partial charge in [0.15, 0.2) is 16.8 Å². The van der Waals surface area contributed by atoms with Crippen LogP contribution in [0.3, 0.4) is 0 Å². The van der Waals surface area contributed by atoms with Crippen LogP contribution in [-0.4, -0.2) is 28.2 Å². The smallest absolute Gasteiger partial charge is 0.273 e. The maximum absolute atomic E-state index is 13.3. The van der Waals surface area contributed by atoms with Crippen molar-refractivity contribution in [3.63, 3.8) is 0 Å². The molecule has 1 aliphatic rings. The Hall–Kier alpha value is -3.13. The van der Waals surface area contributed by atoms with Crippen molar-refractivity contribution in [2.45, 2.75) is 13.0 Å². The lowest BCUT2D eigenvalue weighted by Gasteiger charge is -2.28. The molecule has 0 unspecified atom stereocenters. The maximum atomic E-state index is 13.3. The van der Waals surface area contributed by atoms with Gasteiger partial charge in [0.05, 0.1) is 0 Å². The molecule has 1 aromatic heterocycles. The molecule has 142 valence electrons. The monoisotopic (exact) mass is 399 g/mol. The fourth-order valence-electron chi connectivity index (χ4n) is 3.07. The number of rotatable bonds is 3. The number of anilines is 1. The minimum Gasteiger partial charge on any atom is -0.333 e. The molecule has 5 nitrogen and oxygen atoms in total. The molecule has 2 amide bonds. The number of hydrogen-bond donors (Lipinski definition) is 1. The minimum atomic E-state index is -1.10. The summed E-state index contributed by atoms with van der Waals surface area (Å²) in [7, 11) is 0. The Labute approximate surface area is 163 Å². The Morgan fingerprint density at radius 1 is 1.07 bits per heavy atom. The summed E-state index contributed by atoms with van der Waals surface area (Å²) in [5, 5.41) is 4.30. The normalized spacial score (nSPS) is 13.1. The number of fused-ring (bicyclic) bond motifs is 1. The standard InChI is InChI=1S/C20H15F2N3O2S/c21-15-6-5-13(9-16(15)22)18(26)24-20-23-17(11-28-20)19(27)25-8-7-12-3-1-2-4-14(12)10-25/h1-6,9,11H,7-8,10H2,(H,23,24,26). The topological polar surface area (TPSA) is 62.3 Å². The third-order valence-electron chi connectivity index (χ3n) is 4.54. The summed E-state index contributed by atoms with van der Waals surface area (Å²) < 4.78 is 26.3. The quantitative estimate of drug-likeness (QED) is 0.727. The van der Waals surface area contributed by atoms with Crippen LogP contribution in [0.4, 0.5) is 13.9 Å². The highest BCUT2D eigenvalue weighted by Crippen LogP contribution is 2.23. The first-order chi connectivity index (χ1) is 13.5. The van der Waals surface area contributed by atoms with E-state index in [2.05, 4.69) is 16.4 Å². The molecule has 0 saturated heterocycles. The molecule has 0 spiro atoms. The Bertz CT molecular complexity index is 1070. The van der Waals surface area contributed by atoms with E-state index < -0.39 is 17.5 Å². The predicted molar refractivity (Wildman–Crippen MR) is 101 cm³/mol. The average molecular weight is 399 g/mol. The molecule has 0 fully saturated rings. The Kier molecular flexibility index (Phi) is 4.87. The second-order valence-electron chi connectivity index (χ2n) is 6.37. The van der Waals surface area contributed by atoms with Gasteiger partial charge in [-0.05, 0) is 35.7 Å². The van der Waals surface area contributed by atoms with Crippen LogP contribution in [0.1, 0.15) is 32.0 Å². The zero-order chi connectivity index (χ0) is 19.7. The van der Waals surface area contributed by atoms with E-state index in [0.717, 1.165) is 35.5 Å². The third kappa shape index (κ3) is 3.63. The van der Waals surface area contributed by atoms with Crippen LogP contribution in [0.25, 0.3) is 0 Å². The lowest BCUT2D eigenvalue weighted by atomic mass is 10.00. The number of halogens is 2. The lowest BCUT2D eigenvalue weighted by molar-refractivity contribution is 0.0729. The minimum absolute atomic E-state index is 0.0328. The third-order valence-corrected chi connectivity index (χ3v) is 5.30. The molecule has 0 radical (unpaired) electrons. The van der Waals surface area contributed by atoms with E-state index in [-0.39, 0.29) is 22.3 Å². The number of amides is 2. The number of carbonyl (C=O) groups excluding carboxylic acids is 2. The first-order valence-electron chi connectivity index (χ1n) is 8.59. The second kappa shape index (κ2) is 7.47. The van der Waals surface area contributed by atoms with Gasteiger partial charge in [-0.25, -0.2) is 13.8 Å². The summed E-state index contributed by atoms with van der Waals surface area (Å²) in [4.78, 5) is 30.8. The van der Waals surface area contributed by atoms with E-state index in [1.807, 2.05) is 18.2 Å². The largest absolute Gasteiger partial charge is 0.333 e. The molecule has 0 atom stereocenters. The van der Waals surface area contributed by atoms with E-state index in [4.69, 9.17) is 0 Å². The summed E-state index contributed by atoms with van der Waals surface area (Å²) in [5.74, 6) is -2.96. The highest BCUT2D eigenvalue weighted by atomic mass is 32.1. The van der Waals surface area contributed by atoms with Gasteiger partial charge in [0.25, 0.3) is 11.8 Å². The zero-order valence-electron chi connectivity index (χ0n) is 14.6. The van der Waals surface area contributed by atoms with Crippen molar-refractivity contribution < 1.29 is 18.4 Å². The van der Waals surface area contributed by atoms with Crippen molar-refractivity contribution in [1.29, 1.82) is 0 Å². The SMILES string of the molecule is O=C(Nc1nc(C(=O)N2CCc3ccccc3C2)cs1)c1ccc(F)c(F)c1. The number of nitrogens with zero attached hydrogens (tertiary/aromatic N) is 2. The van der Waals surface area contributed by atoms with Gasteiger partial charge in [-0.1, -0.05) is 24.3 Å². The molecule has 3 aromatic rings. The number of carbonyl (C=O) groups is 2. The lowest BCUT2D eigenvalue weighted by Crippen LogP contribution is -2.36. The Balaban J connectivity index is 1.45. The van der Waals surface area contributed by atoms with Gasteiger partial charge in [0.2, 0.25) is 0 Å². The van der Waals surface area contributed by atoms with Crippen molar-refractivity contribution in [2.24, 2.45) is 0 Å². The van der Waals surface area contributed by atoms with Crippen LogP contribution in [0, 0.1) is 11.6 Å². The average Bonchev–Trinajstić information content (AvgIpc) is 3.17. The number of nitrogens with one attached hydrogen (secondary N) is 1. The number of benzene rings is 2. The summed E-state index contributed by atoms with van der Waals surface area (Å²) in [6.45, 7) is 1.12. The molecule has 2 aromatic carbocycles. The highest BCUT2D eigenvalue weighted by molar-refractivity contribution is 7.14. The van der Waals surface area contributed by atoms with Crippen LogP contribution < -0.4 is 5.32 Å². The molecule has 1 N–H and O–H groups in total. The van der Waals surface area contributed by atoms with Crippen molar-refractivity contribution in [1.82, 2.24) is 9.88 Å². The van der Waals surface area contributed by atoms with Crippen molar-refractivity contribution >= 4 is 28.3 Å². The molecule has 0 saturated carbocycles. The van der Waals surface area contributed by atoms with Crippen molar-refractivity contribution in [3.05, 3.63) is 81.9 Å². The first-order valence-corrected chi connectivity index (χ1v) is 9.47. The fourth-order valence-corrected chi connectivity index (χ4v) is 3.75. The van der Waals surface area contributed by atoms with E-state index >= 15 is 0 Å². The highest BCUT2D eigenvalue weighted by Gasteiger charge is 2.23. The Morgan fingerprint density at radius 3 is 2.64 bits per heavy atom. The predicted octanol–water partition coefficient (Wildman–Crippen LogP) is 3.87. The van der Waals surface area contributed by atoms with Crippen LogP contribution in [0.2, 0.25) is 0 Å². The Morgan fingerprint density at radius 2 is 1.86 bits per heavy atom. The second-order valence-corrected chi connectivity index (χ2v) is 7.22. The molecule has 0 bridgehead atoms. The van der Waals surface area contributed by atoms with E-state index in [1.165, 1.54) is 11.6 Å². The molecular weight excluding hydrogens is 384 g/mol. The number of thiazole rings is 1. The van der Waals surface area contributed by atoms with Gasteiger partial charge in [0, 0.05) is 24.0 Å². The molecule has 8 heteroatoms. The van der Waals surface area contributed by atoms with E-state index in [0.29, 0.717) is 13.1 Å². The van der Waals surface area contributed by atoms with Gasteiger partial charge < -0.3 is 4.90 Å². The number of hydrogen-bond acceptors (Lipinski definition) is 4. The van der Waals surface area contributed by atoms with E-state index in [1.54, 1.807) is 10.3 Å². The van der Waals surface area contributed by atoms with Gasteiger partial charge >= 0.3 is 0 Å². The van der Waals surface area contributed by atoms with Gasteiger partial charge in [-0.2, -0.15) is 0 Å². The summed E-state index contributed by atoms with van der Waals surface area (Å²) in [6.07, 6.45) is 0.784. The molecular formula is C20H15F2N3O2S. The van der Waals surface area contributed by atoms with Crippen molar-refractivity contribution in [2.75, 3.05) is 11.9 Å². The van der Waals surface area contributed by atoms with Crippen LogP contribution in [0.15, 0.2) is 47.8 Å². The van der Waals surface area contributed by atoms with Gasteiger partial charge in [-0.3, -0.25) is 14.9 Å². The van der Waals surface area contributed by atoms with Crippen LogP contribution in [0.5, 0.6) is 0 Å². The molecule has 4 rings (SSSR count). The number of aromatic nitrogens is 1. The van der Waals surface area contributed by atoms with Crippen molar-refractivity contribution in [3.8, 4) is 0 Å². The maximum Gasteiger partial charge on any atom is 0.273 e. The van der Waals surface area contributed by atoms with Gasteiger partial charge in [-0.15, -0.1) is 11.3 Å². The first kappa shape index (κ1) is 18.2. The van der Waals surface area contributed by atoms with Gasteiger partial charge in [0.1, 0.15) is 5.69 Å². The van der Waals surface area contributed by atoms with E-state index in [9.17, 15) is 18.4 Å². The fraction of sp³-hybridized carbons (Fsp3) is 0.150. The molecule has 1 aliphatic heterocycles. The summed E-state index contributed by atoms with van der Waals surface area (Å²) in [6, 6.07) is 10.9. The van der Waals surface area contributed by atoms with Crippen LogP contribution in [-0.2, 0) is 13.0 Å². The molecule has 2 heterocycles. The molecule has 28 heavy (non-hydrogen) atoms. The van der Waals surface area contributed by atoms with Crippen LogP contribution >= 0.6 is 11.3 Å².